The number of benzene rings is 2. The molecule has 0 bridgehead atoms. The molecular weight excluding hydrogens is 270 g/mol. The molecule has 4 N–H and O–H groups in total. The van der Waals surface area contributed by atoms with Crippen molar-refractivity contribution in [3.05, 3.63) is 36.4 Å². The highest BCUT2D eigenvalue weighted by Crippen LogP contribution is 2.22. The Morgan fingerprint density at radius 3 is 2.26 bits per heavy atom. The first-order valence-electron chi connectivity index (χ1n) is 5.15. The second-order valence-electron chi connectivity index (χ2n) is 3.88. The fourth-order valence-electron chi connectivity index (χ4n) is 1.67. The summed E-state index contributed by atoms with van der Waals surface area (Å²) < 4.78 is 30.9. The number of fused-ring (bicyclic) bond motifs is 1. The molecule has 102 valence electrons. The summed E-state index contributed by atoms with van der Waals surface area (Å²) in [6, 6.07) is 9.33. The van der Waals surface area contributed by atoms with Crippen molar-refractivity contribution in [3.8, 4) is 0 Å². The standard InChI is InChI=1S/C12H11NO4S.H2O/c1-8(14)13-11-4-2-10-7-12(18(15,16)17)5-3-9(10)6-11;/h2-7H,1H3,(H,13,14)(H,15,16,17);1H2. The molecule has 0 saturated heterocycles. The first kappa shape index (κ1) is 15.1. The first-order chi connectivity index (χ1) is 8.36. The molecule has 19 heavy (non-hydrogen) atoms. The number of hydrogen-bond donors (Lipinski definition) is 2. The molecule has 2 rings (SSSR count). The Balaban J connectivity index is 0.00000180. The maximum Gasteiger partial charge on any atom is 0.294 e. The van der Waals surface area contributed by atoms with E-state index in [2.05, 4.69) is 5.32 Å². The molecule has 0 fully saturated rings. The number of carbonyl (C=O) groups excluding carboxylic acids is 1. The SMILES string of the molecule is CC(=O)Nc1ccc2cc(S(=O)(=O)O)ccc2c1.O. The van der Waals surface area contributed by atoms with Gasteiger partial charge in [-0.25, -0.2) is 0 Å². The topological polar surface area (TPSA) is 115 Å². The van der Waals surface area contributed by atoms with Crippen molar-refractivity contribution < 1.29 is 23.2 Å². The van der Waals surface area contributed by atoms with E-state index in [0.717, 1.165) is 5.39 Å². The van der Waals surface area contributed by atoms with E-state index in [1.807, 2.05) is 0 Å². The third kappa shape index (κ3) is 3.50. The molecule has 0 atom stereocenters. The van der Waals surface area contributed by atoms with Gasteiger partial charge in [-0.2, -0.15) is 8.42 Å². The lowest BCUT2D eigenvalue weighted by Gasteiger charge is -2.05. The van der Waals surface area contributed by atoms with Gasteiger partial charge < -0.3 is 10.8 Å². The molecule has 0 radical (unpaired) electrons. The smallest absolute Gasteiger partial charge is 0.294 e. The Hall–Kier alpha value is -1.96. The second kappa shape index (κ2) is 5.35. The normalized spacial score (nSPS) is 10.8. The lowest BCUT2D eigenvalue weighted by atomic mass is 10.1. The Bertz CT molecular complexity index is 724. The number of carbonyl (C=O) groups is 1. The maximum atomic E-state index is 11.0. The van der Waals surface area contributed by atoms with Gasteiger partial charge in [-0.3, -0.25) is 9.35 Å². The van der Waals surface area contributed by atoms with Crippen LogP contribution in [0.5, 0.6) is 0 Å². The molecule has 6 nitrogen and oxygen atoms in total. The van der Waals surface area contributed by atoms with E-state index in [1.165, 1.54) is 19.1 Å². The molecular formula is C12H13NO5S. The number of amides is 1. The first-order valence-corrected chi connectivity index (χ1v) is 6.59. The van der Waals surface area contributed by atoms with E-state index < -0.39 is 10.1 Å². The van der Waals surface area contributed by atoms with Crippen LogP contribution >= 0.6 is 0 Å². The van der Waals surface area contributed by atoms with Crippen LogP contribution in [-0.4, -0.2) is 24.4 Å². The second-order valence-corrected chi connectivity index (χ2v) is 5.30. The van der Waals surface area contributed by atoms with Crippen molar-refractivity contribution in [3.63, 3.8) is 0 Å². The summed E-state index contributed by atoms with van der Waals surface area (Å²) in [6.07, 6.45) is 0. The van der Waals surface area contributed by atoms with Gasteiger partial charge in [0, 0.05) is 12.6 Å². The Morgan fingerprint density at radius 2 is 1.68 bits per heavy atom. The summed E-state index contributed by atoms with van der Waals surface area (Å²) in [5.74, 6) is -0.177. The van der Waals surface area contributed by atoms with Crippen LogP contribution < -0.4 is 5.32 Å². The predicted molar refractivity (Wildman–Crippen MR) is 71.7 cm³/mol. The molecule has 0 heterocycles. The fourth-order valence-corrected chi connectivity index (χ4v) is 2.18. The van der Waals surface area contributed by atoms with Crippen LogP contribution in [0.2, 0.25) is 0 Å². The van der Waals surface area contributed by atoms with Gasteiger partial charge in [0.1, 0.15) is 0 Å². The van der Waals surface area contributed by atoms with Crippen LogP contribution in [0.15, 0.2) is 41.3 Å². The summed E-state index contributed by atoms with van der Waals surface area (Å²) in [5.41, 5.74) is 0.634. The van der Waals surface area contributed by atoms with Crippen molar-refractivity contribution in [2.45, 2.75) is 11.8 Å². The van der Waals surface area contributed by atoms with E-state index in [1.54, 1.807) is 24.3 Å². The minimum absolute atomic E-state index is 0. The summed E-state index contributed by atoms with van der Waals surface area (Å²) in [6.45, 7) is 1.41. The van der Waals surface area contributed by atoms with Gasteiger partial charge in [-0.1, -0.05) is 12.1 Å². The lowest BCUT2D eigenvalue weighted by Crippen LogP contribution is -2.05. The van der Waals surface area contributed by atoms with E-state index in [9.17, 15) is 13.2 Å². The van der Waals surface area contributed by atoms with E-state index in [-0.39, 0.29) is 16.3 Å². The zero-order valence-electron chi connectivity index (χ0n) is 10.0. The average molecular weight is 283 g/mol. The minimum atomic E-state index is -4.19. The summed E-state index contributed by atoms with van der Waals surface area (Å²) >= 11 is 0. The molecule has 0 unspecified atom stereocenters. The average Bonchev–Trinajstić information content (AvgIpc) is 2.26. The molecule has 0 spiro atoms. The Morgan fingerprint density at radius 1 is 1.11 bits per heavy atom. The van der Waals surface area contributed by atoms with Crippen LogP contribution in [0.25, 0.3) is 10.8 Å². The zero-order chi connectivity index (χ0) is 13.3. The number of anilines is 1. The molecule has 2 aromatic rings. The summed E-state index contributed by atoms with van der Waals surface area (Å²) in [7, 11) is -4.19. The molecule has 0 aliphatic carbocycles. The summed E-state index contributed by atoms with van der Waals surface area (Å²) in [4.78, 5) is 10.8. The third-order valence-corrected chi connectivity index (χ3v) is 3.28. The molecule has 1 amide bonds. The van der Waals surface area contributed by atoms with Crippen LogP contribution in [0.3, 0.4) is 0 Å². The molecule has 0 aromatic heterocycles. The van der Waals surface area contributed by atoms with Gasteiger partial charge in [-0.15, -0.1) is 0 Å². The minimum Gasteiger partial charge on any atom is -0.412 e. The predicted octanol–water partition coefficient (Wildman–Crippen LogP) is 1.22. The molecule has 0 aliphatic rings. The third-order valence-electron chi connectivity index (χ3n) is 2.43. The number of rotatable bonds is 2. The highest BCUT2D eigenvalue weighted by Gasteiger charge is 2.09. The van der Waals surface area contributed by atoms with Gasteiger partial charge in [0.05, 0.1) is 4.90 Å². The van der Waals surface area contributed by atoms with Crippen LogP contribution in [0, 0.1) is 0 Å². The lowest BCUT2D eigenvalue weighted by molar-refractivity contribution is -0.114. The van der Waals surface area contributed by atoms with Crippen LogP contribution in [0.1, 0.15) is 6.92 Å². The van der Waals surface area contributed by atoms with Crippen molar-refractivity contribution in [2.75, 3.05) is 5.32 Å². The van der Waals surface area contributed by atoms with E-state index in [0.29, 0.717) is 11.1 Å². The van der Waals surface area contributed by atoms with Gasteiger partial charge in [0.15, 0.2) is 0 Å². The Kier molecular flexibility index (Phi) is 4.25. The van der Waals surface area contributed by atoms with E-state index >= 15 is 0 Å². The maximum absolute atomic E-state index is 11.0. The van der Waals surface area contributed by atoms with Gasteiger partial charge in [0.25, 0.3) is 10.1 Å². The van der Waals surface area contributed by atoms with Gasteiger partial charge in [0.2, 0.25) is 5.91 Å². The summed E-state index contributed by atoms with van der Waals surface area (Å²) in [5, 5.41) is 4.07. The van der Waals surface area contributed by atoms with Crippen LogP contribution in [0.4, 0.5) is 5.69 Å². The van der Waals surface area contributed by atoms with Crippen LogP contribution in [-0.2, 0) is 14.9 Å². The van der Waals surface area contributed by atoms with Gasteiger partial charge in [-0.05, 0) is 35.0 Å². The van der Waals surface area contributed by atoms with E-state index in [4.69, 9.17) is 4.55 Å². The largest absolute Gasteiger partial charge is 0.412 e. The molecule has 7 heteroatoms. The zero-order valence-corrected chi connectivity index (χ0v) is 10.9. The quantitative estimate of drug-likeness (QED) is 0.806. The monoisotopic (exact) mass is 283 g/mol. The number of hydrogen-bond acceptors (Lipinski definition) is 3. The van der Waals surface area contributed by atoms with Crippen molar-refractivity contribution >= 4 is 32.5 Å². The Labute approximate surface area is 110 Å². The number of nitrogens with one attached hydrogen (secondary N) is 1. The highest BCUT2D eigenvalue weighted by atomic mass is 32.2. The fraction of sp³-hybridized carbons (Fsp3) is 0.0833. The molecule has 0 aliphatic heterocycles. The van der Waals surface area contributed by atoms with Crippen molar-refractivity contribution in [1.82, 2.24) is 0 Å². The van der Waals surface area contributed by atoms with Crippen molar-refractivity contribution in [1.29, 1.82) is 0 Å². The molecule has 0 saturated carbocycles. The molecule has 2 aromatic carbocycles. The van der Waals surface area contributed by atoms with Gasteiger partial charge >= 0.3 is 0 Å². The van der Waals surface area contributed by atoms with Crippen molar-refractivity contribution in [2.24, 2.45) is 0 Å². The highest BCUT2D eigenvalue weighted by molar-refractivity contribution is 7.85.